The average molecular weight is 168 g/mol. The predicted octanol–water partition coefficient (Wildman–Crippen LogP) is 0.936. The Morgan fingerprint density at radius 1 is 1.42 bits per heavy atom. The zero-order valence-corrected chi connectivity index (χ0v) is 8.21. The molecular formula is C10H20N2. The van der Waals surface area contributed by atoms with Gasteiger partial charge in [0.2, 0.25) is 0 Å². The van der Waals surface area contributed by atoms with E-state index in [-0.39, 0.29) is 0 Å². The van der Waals surface area contributed by atoms with E-state index in [1.807, 2.05) is 0 Å². The molecule has 12 heavy (non-hydrogen) atoms. The Hall–Kier alpha value is -0.0800. The van der Waals surface area contributed by atoms with Crippen molar-refractivity contribution in [1.82, 2.24) is 10.2 Å². The molecule has 2 rings (SSSR count). The van der Waals surface area contributed by atoms with Crippen LogP contribution in [0.3, 0.4) is 0 Å². The topological polar surface area (TPSA) is 15.3 Å². The minimum absolute atomic E-state index is 0.805. The van der Waals surface area contributed by atoms with E-state index in [0.717, 1.165) is 17.9 Å². The van der Waals surface area contributed by atoms with Crippen LogP contribution < -0.4 is 5.32 Å². The maximum Gasteiger partial charge on any atom is 0.0107 e. The monoisotopic (exact) mass is 168 g/mol. The zero-order chi connectivity index (χ0) is 8.55. The number of nitrogens with one attached hydrogen (secondary N) is 1. The lowest BCUT2D eigenvalue weighted by Gasteiger charge is -2.46. The van der Waals surface area contributed by atoms with Crippen molar-refractivity contribution in [3.8, 4) is 0 Å². The maximum absolute atomic E-state index is 3.54. The summed E-state index contributed by atoms with van der Waals surface area (Å²) in [6.07, 6.45) is 1.46. The number of fused-ring (bicyclic) bond motifs is 2. The molecule has 3 atom stereocenters. The van der Waals surface area contributed by atoms with Gasteiger partial charge < -0.3 is 10.2 Å². The van der Waals surface area contributed by atoms with Crippen molar-refractivity contribution in [2.24, 2.45) is 11.8 Å². The molecule has 2 heterocycles. The van der Waals surface area contributed by atoms with Crippen molar-refractivity contribution in [3.63, 3.8) is 0 Å². The molecule has 2 fully saturated rings. The van der Waals surface area contributed by atoms with Gasteiger partial charge in [-0.1, -0.05) is 6.92 Å². The summed E-state index contributed by atoms with van der Waals surface area (Å²) in [6, 6.07) is 0.805. The van der Waals surface area contributed by atoms with E-state index < -0.39 is 0 Å². The largest absolute Gasteiger partial charge is 0.316 e. The van der Waals surface area contributed by atoms with E-state index in [4.69, 9.17) is 0 Å². The summed E-state index contributed by atoms with van der Waals surface area (Å²) in [6.45, 7) is 9.71. The van der Waals surface area contributed by atoms with Crippen molar-refractivity contribution in [2.45, 2.75) is 26.3 Å². The quantitative estimate of drug-likeness (QED) is 0.627. The third-order valence-electron chi connectivity index (χ3n) is 3.63. The Labute approximate surface area is 75.3 Å². The fraction of sp³-hybridized carbons (Fsp3) is 1.00. The Kier molecular flexibility index (Phi) is 2.37. The Balaban J connectivity index is 2.03. The van der Waals surface area contributed by atoms with Crippen LogP contribution in [-0.2, 0) is 0 Å². The molecule has 0 amide bonds. The average Bonchev–Trinajstić information content (AvgIpc) is 2.12. The molecule has 2 aliphatic rings. The molecule has 0 aromatic rings. The first-order valence-electron chi connectivity index (χ1n) is 5.26. The standard InChI is InChI=1S/C10H20N2/c1-3-12-7-9-4-10(8(12)2)6-11-5-9/h8-11H,3-7H2,1-2H3/t8-,9-,10-/m1/s1. The Bertz CT molecular complexity index is 156. The first-order valence-corrected chi connectivity index (χ1v) is 5.26. The van der Waals surface area contributed by atoms with Gasteiger partial charge in [0.05, 0.1) is 0 Å². The minimum atomic E-state index is 0.805. The molecule has 0 aromatic carbocycles. The summed E-state index contributed by atoms with van der Waals surface area (Å²) in [5, 5.41) is 3.54. The van der Waals surface area contributed by atoms with Gasteiger partial charge in [-0.2, -0.15) is 0 Å². The van der Waals surface area contributed by atoms with Crippen molar-refractivity contribution >= 4 is 0 Å². The van der Waals surface area contributed by atoms with Gasteiger partial charge in [0.1, 0.15) is 0 Å². The first-order chi connectivity index (χ1) is 5.81. The molecule has 2 heteroatoms. The van der Waals surface area contributed by atoms with E-state index in [2.05, 4.69) is 24.1 Å². The summed E-state index contributed by atoms with van der Waals surface area (Å²) < 4.78 is 0. The molecule has 70 valence electrons. The maximum atomic E-state index is 3.54. The third-order valence-corrected chi connectivity index (χ3v) is 3.63. The predicted molar refractivity (Wildman–Crippen MR) is 51.2 cm³/mol. The lowest BCUT2D eigenvalue weighted by molar-refractivity contribution is 0.0483. The van der Waals surface area contributed by atoms with Crippen LogP contribution in [0.2, 0.25) is 0 Å². The van der Waals surface area contributed by atoms with Gasteiger partial charge in [0, 0.05) is 12.6 Å². The number of hydrogen-bond donors (Lipinski definition) is 1. The molecule has 0 saturated carbocycles. The van der Waals surface area contributed by atoms with Gasteiger partial charge in [0.25, 0.3) is 0 Å². The molecule has 2 saturated heterocycles. The Morgan fingerprint density at radius 3 is 3.00 bits per heavy atom. The lowest BCUT2D eigenvalue weighted by Crippen LogP contribution is -2.55. The summed E-state index contributed by atoms with van der Waals surface area (Å²) in [5.74, 6) is 1.84. The van der Waals surface area contributed by atoms with Crippen LogP contribution in [0.25, 0.3) is 0 Å². The zero-order valence-electron chi connectivity index (χ0n) is 8.21. The summed E-state index contributed by atoms with van der Waals surface area (Å²) >= 11 is 0. The van der Waals surface area contributed by atoms with Crippen molar-refractivity contribution in [2.75, 3.05) is 26.2 Å². The van der Waals surface area contributed by atoms with Crippen molar-refractivity contribution in [1.29, 1.82) is 0 Å². The molecule has 0 spiro atoms. The molecule has 2 bridgehead atoms. The molecule has 0 aliphatic carbocycles. The van der Waals surface area contributed by atoms with E-state index in [9.17, 15) is 0 Å². The lowest BCUT2D eigenvalue weighted by atomic mass is 9.81. The van der Waals surface area contributed by atoms with Crippen LogP contribution in [0.1, 0.15) is 20.3 Å². The van der Waals surface area contributed by atoms with E-state index in [0.29, 0.717) is 0 Å². The number of likely N-dealkylation sites (tertiary alicyclic amines) is 1. The van der Waals surface area contributed by atoms with Crippen LogP contribution >= 0.6 is 0 Å². The highest BCUT2D eigenvalue weighted by atomic mass is 15.2. The molecule has 2 nitrogen and oxygen atoms in total. The summed E-state index contributed by atoms with van der Waals surface area (Å²) in [7, 11) is 0. The highest BCUT2D eigenvalue weighted by Crippen LogP contribution is 2.29. The van der Waals surface area contributed by atoms with E-state index >= 15 is 0 Å². The molecule has 0 aromatic heterocycles. The van der Waals surface area contributed by atoms with Crippen LogP contribution in [0, 0.1) is 11.8 Å². The van der Waals surface area contributed by atoms with E-state index in [1.54, 1.807) is 0 Å². The summed E-state index contributed by atoms with van der Waals surface area (Å²) in [4.78, 5) is 2.64. The van der Waals surface area contributed by atoms with Gasteiger partial charge in [-0.3, -0.25) is 0 Å². The SMILES string of the molecule is CCN1C[C@H]2CNC[C@@H](C2)[C@H]1C. The van der Waals surface area contributed by atoms with Crippen LogP contribution in [0.4, 0.5) is 0 Å². The van der Waals surface area contributed by atoms with Crippen LogP contribution in [0.5, 0.6) is 0 Å². The molecule has 2 aliphatic heterocycles. The van der Waals surface area contributed by atoms with Crippen molar-refractivity contribution < 1.29 is 0 Å². The second-order valence-corrected chi connectivity index (χ2v) is 4.35. The first kappa shape index (κ1) is 8.52. The number of piperidine rings is 2. The second-order valence-electron chi connectivity index (χ2n) is 4.35. The molecule has 1 N–H and O–H groups in total. The fourth-order valence-electron chi connectivity index (χ4n) is 2.79. The third kappa shape index (κ3) is 1.38. The molecule has 0 unspecified atom stereocenters. The molecule has 0 radical (unpaired) electrons. The van der Waals surface area contributed by atoms with Gasteiger partial charge >= 0.3 is 0 Å². The van der Waals surface area contributed by atoms with Gasteiger partial charge in [-0.15, -0.1) is 0 Å². The molecular weight excluding hydrogens is 148 g/mol. The summed E-state index contributed by atoms with van der Waals surface area (Å²) in [5.41, 5.74) is 0. The van der Waals surface area contributed by atoms with Crippen LogP contribution in [-0.4, -0.2) is 37.1 Å². The normalized spacial score (nSPS) is 43.0. The number of rotatable bonds is 1. The number of hydrogen-bond acceptors (Lipinski definition) is 2. The number of nitrogens with zero attached hydrogens (tertiary/aromatic N) is 1. The van der Waals surface area contributed by atoms with Gasteiger partial charge in [-0.25, -0.2) is 0 Å². The minimum Gasteiger partial charge on any atom is -0.316 e. The van der Waals surface area contributed by atoms with Crippen molar-refractivity contribution in [3.05, 3.63) is 0 Å². The second kappa shape index (κ2) is 3.35. The van der Waals surface area contributed by atoms with Gasteiger partial charge in [0.15, 0.2) is 0 Å². The van der Waals surface area contributed by atoms with Gasteiger partial charge in [-0.05, 0) is 44.8 Å². The van der Waals surface area contributed by atoms with Crippen LogP contribution in [0.15, 0.2) is 0 Å². The fourth-order valence-corrected chi connectivity index (χ4v) is 2.79. The van der Waals surface area contributed by atoms with E-state index in [1.165, 1.54) is 32.6 Å². The highest BCUT2D eigenvalue weighted by molar-refractivity contribution is 4.90. The Morgan fingerprint density at radius 2 is 2.25 bits per heavy atom. The smallest absolute Gasteiger partial charge is 0.0107 e. The highest BCUT2D eigenvalue weighted by Gasteiger charge is 2.34.